The number of benzene rings is 1. The highest BCUT2D eigenvalue weighted by Crippen LogP contribution is 2.24. The van der Waals surface area contributed by atoms with Gasteiger partial charge in [0.1, 0.15) is 12.9 Å². The number of rotatable bonds is 3. The van der Waals surface area contributed by atoms with Gasteiger partial charge in [-0.15, -0.1) is 5.10 Å². The zero-order valence-corrected chi connectivity index (χ0v) is 13.7. The highest BCUT2D eigenvalue weighted by Gasteiger charge is 2.29. The Morgan fingerprint density at radius 3 is 2.92 bits per heavy atom. The number of nitrogens with zero attached hydrogens (tertiary/aromatic N) is 6. The minimum Gasteiger partial charge on any atom is -0.340 e. The van der Waals surface area contributed by atoms with E-state index >= 15 is 0 Å². The number of fused-ring (bicyclic) bond motifs is 1. The third kappa shape index (κ3) is 3.17. The number of carbonyl (C=O) groups excluding carboxylic acids is 1. The molecule has 24 heavy (non-hydrogen) atoms. The van der Waals surface area contributed by atoms with Crippen molar-refractivity contribution in [1.82, 2.24) is 30.0 Å². The van der Waals surface area contributed by atoms with Gasteiger partial charge in [-0.3, -0.25) is 9.69 Å². The van der Waals surface area contributed by atoms with Crippen molar-refractivity contribution in [2.45, 2.75) is 38.4 Å². The lowest BCUT2D eigenvalue weighted by atomic mass is 9.96. The van der Waals surface area contributed by atoms with Gasteiger partial charge in [0.25, 0.3) is 0 Å². The van der Waals surface area contributed by atoms with Crippen LogP contribution in [-0.2, 0) is 24.3 Å². The molecule has 1 amide bonds. The standard InChI is InChI=1S/C17H22N6O/c24-17(12-23-13-18-19-20-23)22-8-3-6-16(11-22)21-9-7-14-4-1-2-5-15(14)10-21/h1-2,4-5,13,16H,3,6-12H2. The number of tetrazole rings is 1. The average molecular weight is 326 g/mol. The first-order valence-electron chi connectivity index (χ1n) is 8.59. The summed E-state index contributed by atoms with van der Waals surface area (Å²) in [7, 11) is 0. The third-order valence-corrected chi connectivity index (χ3v) is 5.11. The molecule has 3 heterocycles. The molecule has 2 aliphatic rings. The van der Waals surface area contributed by atoms with Gasteiger partial charge in [0, 0.05) is 32.2 Å². The van der Waals surface area contributed by atoms with E-state index in [1.807, 2.05) is 4.90 Å². The monoisotopic (exact) mass is 326 g/mol. The van der Waals surface area contributed by atoms with Gasteiger partial charge in [-0.1, -0.05) is 24.3 Å². The Bertz CT molecular complexity index is 701. The molecule has 1 unspecified atom stereocenters. The summed E-state index contributed by atoms with van der Waals surface area (Å²) in [4.78, 5) is 17.0. The van der Waals surface area contributed by atoms with E-state index < -0.39 is 0 Å². The van der Waals surface area contributed by atoms with E-state index in [0.29, 0.717) is 6.04 Å². The molecule has 1 aromatic heterocycles. The summed E-state index contributed by atoms with van der Waals surface area (Å²) < 4.78 is 1.49. The number of piperidine rings is 1. The molecule has 0 saturated carbocycles. The lowest BCUT2D eigenvalue weighted by molar-refractivity contribution is -0.134. The molecular weight excluding hydrogens is 304 g/mol. The van der Waals surface area contributed by atoms with E-state index in [4.69, 9.17) is 0 Å². The molecule has 4 rings (SSSR count). The summed E-state index contributed by atoms with van der Waals surface area (Å²) in [6, 6.07) is 9.14. The molecule has 1 aromatic carbocycles. The van der Waals surface area contributed by atoms with Gasteiger partial charge in [-0.2, -0.15) is 0 Å². The number of aromatic nitrogens is 4. The van der Waals surface area contributed by atoms with Crippen LogP contribution >= 0.6 is 0 Å². The summed E-state index contributed by atoms with van der Waals surface area (Å²) in [5.41, 5.74) is 2.90. The third-order valence-electron chi connectivity index (χ3n) is 5.11. The van der Waals surface area contributed by atoms with E-state index in [1.54, 1.807) is 0 Å². The Hall–Kier alpha value is -2.28. The Balaban J connectivity index is 1.39. The van der Waals surface area contributed by atoms with Crippen LogP contribution in [0.3, 0.4) is 0 Å². The van der Waals surface area contributed by atoms with E-state index in [-0.39, 0.29) is 12.5 Å². The maximum Gasteiger partial charge on any atom is 0.244 e. The molecule has 0 radical (unpaired) electrons. The van der Waals surface area contributed by atoms with Gasteiger partial charge in [0.15, 0.2) is 0 Å². The Labute approximate surface area is 141 Å². The fourth-order valence-corrected chi connectivity index (χ4v) is 3.80. The number of hydrogen-bond acceptors (Lipinski definition) is 5. The predicted molar refractivity (Wildman–Crippen MR) is 88.0 cm³/mol. The molecule has 0 bridgehead atoms. The van der Waals surface area contributed by atoms with Crippen molar-refractivity contribution in [1.29, 1.82) is 0 Å². The van der Waals surface area contributed by atoms with Crippen LogP contribution in [-0.4, -0.2) is 61.6 Å². The molecule has 1 saturated heterocycles. The fourth-order valence-electron chi connectivity index (χ4n) is 3.80. The fraction of sp³-hybridized carbons (Fsp3) is 0.529. The van der Waals surface area contributed by atoms with Crippen molar-refractivity contribution in [3.8, 4) is 0 Å². The lowest BCUT2D eigenvalue weighted by Gasteiger charge is -2.41. The van der Waals surface area contributed by atoms with Crippen molar-refractivity contribution in [2.75, 3.05) is 19.6 Å². The molecule has 0 aliphatic carbocycles. The van der Waals surface area contributed by atoms with Gasteiger partial charge in [0.05, 0.1) is 0 Å². The highest BCUT2D eigenvalue weighted by atomic mass is 16.2. The largest absolute Gasteiger partial charge is 0.340 e. The molecule has 7 heteroatoms. The van der Waals surface area contributed by atoms with E-state index in [2.05, 4.69) is 44.7 Å². The molecule has 1 atom stereocenters. The van der Waals surface area contributed by atoms with Gasteiger partial charge >= 0.3 is 0 Å². The average Bonchev–Trinajstić information content (AvgIpc) is 3.14. The predicted octanol–water partition coefficient (Wildman–Crippen LogP) is 0.722. The van der Waals surface area contributed by atoms with Crippen molar-refractivity contribution < 1.29 is 4.79 Å². The molecule has 7 nitrogen and oxygen atoms in total. The summed E-state index contributed by atoms with van der Waals surface area (Å²) in [6.07, 6.45) is 4.81. The van der Waals surface area contributed by atoms with Crippen LogP contribution in [0.4, 0.5) is 0 Å². The molecule has 1 fully saturated rings. The van der Waals surface area contributed by atoms with Crippen LogP contribution in [0.2, 0.25) is 0 Å². The number of amides is 1. The second kappa shape index (κ2) is 6.68. The Kier molecular flexibility index (Phi) is 4.25. The number of carbonyl (C=O) groups is 1. The molecule has 0 spiro atoms. The number of likely N-dealkylation sites (tertiary alicyclic amines) is 1. The van der Waals surface area contributed by atoms with Crippen molar-refractivity contribution >= 4 is 5.91 Å². The van der Waals surface area contributed by atoms with Crippen LogP contribution in [0.5, 0.6) is 0 Å². The van der Waals surface area contributed by atoms with E-state index in [9.17, 15) is 4.79 Å². The molecule has 2 aliphatic heterocycles. The zero-order valence-electron chi connectivity index (χ0n) is 13.7. The van der Waals surface area contributed by atoms with E-state index in [1.165, 1.54) is 22.1 Å². The van der Waals surface area contributed by atoms with Gasteiger partial charge in [-0.05, 0) is 40.8 Å². The van der Waals surface area contributed by atoms with Crippen LogP contribution < -0.4 is 0 Å². The van der Waals surface area contributed by atoms with Crippen molar-refractivity contribution in [2.24, 2.45) is 0 Å². The summed E-state index contributed by atoms with van der Waals surface area (Å²) in [5.74, 6) is 0.101. The summed E-state index contributed by atoms with van der Waals surface area (Å²) in [6.45, 7) is 3.94. The second-order valence-corrected chi connectivity index (χ2v) is 6.63. The smallest absolute Gasteiger partial charge is 0.244 e. The SMILES string of the molecule is O=C(Cn1cnnn1)N1CCCC(N2CCc3ccccc3C2)C1. The van der Waals surface area contributed by atoms with Crippen LogP contribution in [0.1, 0.15) is 24.0 Å². The maximum absolute atomic E-state index is 12.5. The van der Waals surface area contributed by atoms with Crippen LogP contribution in [0, 0.1) is 0 Å². The topological polar surface area (TPSA) is 67.2 Å². The maximum atomic E-state index is 12.5. The summed E-state index contributed by atoms with van der Waals surface area (Å²) >= 11 is 0. The number of hydrogen-bond donors (Lipinski definition) is 0. The quantitative estimate of drug-likeness (QED) is 0.831. The van der Waals surface area contributed by atoms with Gasteiger partial charge in [-0.25, -0.2) is 4.68 Å². The minimum absolute atomic E-state index is 0.101. The van der Waals surface area contributed by atoms with Crippen molar-refractivity contribution in [3.05, 3.63) is 41.7 Å². The van der Waals surface area contributed by atoms with Gasteiger partial charge < -0.3 is 4.90 Å². The second-order valence-electron chi connectivity index (χ2n) is 6.63. The molecule has 0 N–H and O–H groups in total. The van der Waals surface area contributed by atoms with Crippen molar-refractivity contribution in [3.63, 3.8) is 0 Å². The molecule has 126 valence electrons. The van der Waals surface area contributed by atoms with E-state index in [0.717, 1.165) is 45.4 Å². The Morgan fingerprint density at radius 1 is 1.21 bits per heavy atom. The zero-order chi connectivity index (χ0) is 16.4. The molecule has 2 aromatic rings. The lowest BCUT2D eigenvalue weighted by Crippen LogP contribution is -2.51. The summed E-state index contributed by atoms with van der Waals surface area (Å²) in [5, 5.41) is 10.9. The highest BCUT2D eigenvalue weighted by molar-refractivity contribution is 5.76. The normalized spacial score (nSPS) is 21.5. The first kappa shape index (κ1) is 15.3. The first-order chi connectivity index (χ1) is 11.8. The van der Waals surface area contributed by atoms with Crippen LogP contribution in [0.15, 0.2) is 30.6 Å². The van der Waals surface area contributed by atoms with Gasteiger partial charge in [0.2, 0.25) is 5.91 Å². The molecular formula is C17H22N6O. The minimum atomic E-state index is 0.101. The first-order valence-corrected chi connectivity index (χ1v) is 8.59. The Morgan fingerprint density at radius 2 is 2.08 bits per heavy atom. The van der Waals surface area contributed by atoms with Crippen LogP contribution in [0.25, 0.3) is 0 Å².